The Hall–Kier alpha value is -0.870. The van der Waals surface area contributed by atoms with Gasteiger partial charge in [0.1, 0.15) is 0 Å². The van der Waals surface area contributed by atoms with Gasteiger partial charge in [0.2, 0.25) is 0 Å². The van der Waals surface area contributed by atoms with Crippen LogP contribution in [0.2, 0.25) is 0 Å². The Morgan fingerprint density at radius 1 is 1.62 bits per heavy atom. The average molecular weight is 239 g/mol. The first-order chi connectivity index (χ1) is 7.74. The van der Waals surface area contributed by atoms with E-state index in [9.17, 15) is 9.90 Å². The predicted octanol–water partition coefficient (Wildman–Crippen LogP) is 2.04. The summed E-state index contributed by atoms with van der Waals surface area (Å²) in [5.41, 5.74) is 1.04. The van der Waals surface area contributed by atoms with Crippen LogP contribution >= 0.6 is 11.3 Å². The Bertz CT molecular complexity index is 375. The van der Waals surface area contributed by atoms with Gasteiger partial charge >= 0.3 is 0 Å². The minimum absolute atomic E-state index is 0.0164. The van der Waals surface area contributed by atoms with Crippen LogP contribution in [0.3, 0.4) is 0 Å². The van der Waals surface area contributed by atoms with Gasteiger partial charge in [0.25, 0.3) is 5.91 Å². The third-order valence-electron chi connectivity index (χ3n) is 3.16. The maximum atomic E-state index is 12.3. The number of piperidine rings is 1. The van der Waals surface area contributed by atoms with Gasteiger partial charge in [-0.25, -0.2) is 0 Å². The Kier molecular flexibility index (Phi) is 3.61. The lowest BCUT2D eigenvalue weighted by Crippen LogP contribution is -2.45. The van der Waals surface area contributed by atoms with Crippen LogP contribution < -0.4 is 0 Å². The Morgan fingerprint density at radius 2 is 2.44 bits per heavy atom. The molecule has 1 aliphatic heterocycles. The zero-order chi connectivity index (χ0) is 11.5. The van der Waals surface area contributed by atoms with Crippen LogP contribution in [0.15, 0.2) is 11.4 Å². The smallest absolute Gasteiger partial charge is 0.264 e. The van der Waals surface area contributed by atoms with E-state index < -0.39 is 0 Å². The fraction of sp³-hybridized carbons (Fsp3) is 0.583. The molecule has 1 fully saturated rings. The van der Waals surface area contributed by atoms with Gasteiger partial charge in [-0.2, -0.15) is 0 Å². The molecule has 1 aliphatic rings. The number of thiophene rings is 1. The number of carbonyl (C=O) groups excluding carboxylic acids is 1. The summed E-state index contributed by atoms with van der Waals surface area (Å²) in [6, 6.07) is 1.98. The maximum Gasteiger partial charge on any atom is 0.264 e. The molecule has 3 nitrogen and oxygen atoms in total. The minimum atomic E-state index is 0.0164. The number of nitrogens with zero attached hydrogens (tertiary/aromatic N) is 1. The number of hydrogen-bond acceptors (Lipinski definition) is 3. The number of aliphatic hydroxyl groups is 1. The summed E-state index contributed by atoms with van der Waals surface area (Å²) in [6.07, 6.45) is 3.08. The SMILES string of the molecule is Cc1ccsc1C(=O)N1CCCCC1CO. The van der Waals surface area contributed by atoms with Crippen molar-refractivity contribution in [3.63, 3.8) is 0 Å². The van der Waals surface area contributed by atoms with Gasteiger partial charge in [-0.05, 0) is 43.2 Å². The number of rotatable bonds is 2. The minimum Gasteiger partial charge on any atom is -0.394 e. The number of hydrogen-bond donors (Lipinski definition) is 1. The Labute approximate surface area is 99.7 Å². The van der Waals surface area contributed by atoms with Crippen LogP contribution in [-0.2, 0) is 0 Å². The number of amides is 1. The van der Waals surface area contributed by atoms with Crippen molar-refractivity contribution in [2.24, 2.45) is 0 Å². The summed E-state index contributed by atoms with van der Waals surface area (Å²) in [4.78, 5) is 14.9. The van der Waals surface area contributed by atoms with E-state index in [2.05, 4.69) is 0 Å². The zero-order valence-electron chi connectivity index (χ0n) is 9.48. The van der Waals surface area contributed by atoms with Crippen molar-refractivity contribution in [3.05, 3.63) is 21.9 Å². The first kappa shape index (κ1) is 11.6. The highest BCUT2D eigenvalue weighted by molar-refractivity contribution is 7.12. The normalized spacial score (nSPS) is 21.1. The van der Waals surface area contributed by atoms with E-state index >= 15 is 0 Å². The summed E-state index contributed by atoms with van der Waals surface area (Å²) in [5, 5.41) is 11.2. The van der Waals surface area contributed by atoms with Crippen molar-refractivity contribution in [2.45, 2.75) is 32.2 Å². The molecule has 2 rings (SSSR count). The molecular formula is C12H17NO2S. The second-order valence-electron chi connectivity index (χ2n) is 4.26. The lowest BCUT2D eigenvalue weighted by Gasteiger charge is -2.34. The summed E-state index contributed by atoms with van der Waals surface area (Å²) in [7, 11) is 0. The molecule has 1 unspecified atom stereocenters. The van der Waals surface area contributed by atoms with Crippen LogP contribution in [0, 0.1) is 6.92 Å². The van der Waals surface area contributed by atoms with Gasteiger partial charge in [-0.15, -0.1) is 11.3 Å². The Balaban J connectivity index is 2.17. The number of carbonyl (C=O) groups is 1. The first-order valence-electron chi connectivity index (χ1n) is 5.70. The highest BCUT2D eigenvalue weighted by Crippen LogP contribution is 2.23. The van der Waals surface area contributed by atoms with E-state index in [-0.39, 0.29) is 18.6 Å². The molecule has 0 spiro atoms. The quantitative estimate of drug-likeness (QED) is 0.858. The molecule has 0 saturated carbocycles. The highest BCUT2D eigenvalue weighted by atomic mass is 32.1. The fourth-order valence-electron chi connectivity index (χ4n) is 2.18. The van der Waals surface area contributed by atoms with E-state index in [1.807, 2.05) is 23.3 Å². The van der Waals surface area contributed by atoms with E-state index in [1.165, 1.54) is 11.3 Å². The van der Waals surface area contributed by atoms with Gasteiger partial charge in [0.15, 0.2) is 0 Å². The molecule has 0 aliphatic carbocycles. The Morgan fingerprint density at radius 3 is 3.06 bits per heavy atom. The second-order valence-corrected chi connectivity index (χ2v) is 5.18. The van der Waals surface area contributed by atoms with Crippen LogP contribution in [0.4, 0.5) is 0 Å². The molecule has 1 aromatic heterocycles. The molecule has 1 aromatic rings. The standard InChI is InChI=1S/C12H17NO2S/c1-9-5-7-16-11(9)12(15)13-6-3-2-4-10(13)8-14/h5,7,10,14H,2-4,6,8H2,1H3. The lowest BCUT2D eigenvalue weighted by molar-refractivity contribution is 0.0507. The fourth-order valence-corrected chi connectivity index (χ4v) is 3.06. The molecule has 1 atom stereocenters. The number of likely N-dealkylation sites (tertiary alicyclic amines) is 1. The van der Waals surface area contributed by atoms with Crippen LogP contribution in [0.5, 0.6) is 0 Å². The van der Waals surface area contributed by atoms with Crippen molar-refractivity contribution in [2.75, 3.05) is 13.2 Å². The van der Waals surface area contributed by atoms with Crippen LogP contribution in [0.25, 0.3) is 0 Å². The topological polar surface area (TPSA) is 40.5 Å². The van der Waals surface area contributed by atoms with Gasteiger partial charge in [-0.1, -0.05) is 0 Å². The molecule has 1 saturated heterocycles. The van der Waals surface area contributed by atoms with E-state index in [1.54, 1.807) is 0 Å². The molecule has 0 radical (unpaired) electrons. The molecule has 16 heavy (non-hydrogen) atoms. The molecule has 1 amide bonds. The average Bonchev–Trinajstić information content (AvgIpc) is 2.74. The molecule has 88 valence electrons. The highest BCUT2D eigenvalue weighted by Gasteiger charge is 2.28. The summed E-state index contributed by atoms with van der Waals surface area (Å²) < 4.78 is 0. The summed E-state index contributed by atoms with van der Waals surface area (Å²) in [5.74, 6) is 0.0891. The summed E-state index contributed by atoms with van der Waals surface area (Å²) in [6.45, 7) is 2.82. The van der Waals surface area contributed by atoms with E-state index in [0.29, 0.717) is 0 Å². The van der Waals surface area contributed by atoms with Gasteiger partial charge in [-0.3, -0.25) is 4.79 Å². The monoisotopic (exact) mass is 239 g/mol. The van der Waals surface area contributed by atoms with Crippen LogP contribution in [-0.4, -0.2) is 35.1 Å². The van der Waals surface area contributed by atoms with E-state index in [4.69, 9.17) is 0 Å². The summed E-state index contributed by atoms with van der Waals surface area (Å²) >= 11 is 1.49. The lowest BCUT2D eigenvalue weighted by atomic mass is 10.0. The van der Waals surface area contributed by atoms with Crippen molar-refractivity contribution in [1.82, 2.24) is 4.90 Å². The zero-order valence-corrected chi connectivity index (χ0v) is 10.3. The molecule has 1 N–H and O–H groups in total. The van der Waals surface area contributed by atoms with Gasteiger partial charge < -0.3 is 10.0 Å². The second kappa shape index (κ2) is 4.97. The predicted molar refractivity (Wildman–Crippen MR) is 64.8 cm³/mol. The molecule has 0 aromatic carbocycles. The molecule has 2 heterocycles. The molecular weight excluding hydrogens is 222 g/mol. The first-order valence-corrected chi connectivity index (χ1v) is 6.58. The number of aryl methyl sites for hydroxylation is 1. The van der Waals surface area contributed by atoms with Gasteiger partial charge in [0.05, 0.1) is 17.5 Å². The van der Waals surface area contributed by atoms with Crippen molar-refractivity contribution < 1.29 is 9.90 Å². The largest absolute Gasteiger partial charge is 0.394 e. The molecule has 0 bridgehead atoms. The number of aliphatic hydroxyl groups excluding tert-OH is 1. The third kappa shape index (κ3) is 2.13. The van der Waals surface area contributed by atoms with Crippen molar-refractivity contribution in [1.29, 1.82) is 0 Å². The van der Waals surface area contributed by atoms with Gasteiger partial charge in [0, 0.05) is 6.54 Å². The van der Waals surface area contributed by atoms with Crippen molar-refractivity contribution in [3.8, 4) is 0 Å². The molecule has 4 heteroatoms. The maximum absolute atomic E-state index is 12.3. The third-order valence-corrected chi connectivity index (χ3v) is 4.16. The van der Waals surface area contributed by atoms with E-state index in [0.717, 1.165) is 36.2 Å². The van der Waals surface area contributed by atoms with Crippen molar-refractivity contribution >= 4 is 17.2 Å². The van der Waals surface area contributed by atoms with Crippen LogP contribution in [0.1, 0.15) is 34.5 Å².